The first-order chi connectivity index (χ1) is 8.38. The van der Waals surface area contributed by atoms with E-state index in [2.05, 4.69) is 10.6 Å². The Balaban J connectivity index is 4.79. The molecule has 0 aromatic rings. The van der Waals surface area contributed by atoms with Gasteiger partial charge in [-0.1, -0.05) is 27.7 Å². The zero-order valence-corrected chi connectivity index (χ0v) is 13.7. The average Bonchev–Trinajstić information content (AvgIpc) is 2.13. The summed E-state index contributed by atoms with van der Waals surface area (Å²) in [5.74, 6) is -0.0131. The third-order valence-electron chi connectivity index (χ3n) is 2.95. The van der Waals surface area contributed by atoms with Gasteiger partial charge in [0.2, 0.25) is 11.8 Å². The molecule has 0 bridgehead atoms. The molecule has 2 amide bonds. The van der Waals surface area contributed by atoms with E-state index in [1.54, 1.807) is 0 Å². The first kappa shape index (κ1) is 17.9. The molecule has 0 rings (SSSR count). The van der Waals surface area contributed by atoms with Crippen molar-refractivity contribution in [3.8, 4) is 0 Å². The van der Waals surface area contributed by atoms with E-state index in [0.29, 0.717) is 6.42 Å². The molecule has 0 atom stereocenters. The van der Waals surface area contributed by atoms with Gasteiger partial charge in [0.25, 0.3) is 0 Å². The van der Waals surface area contributed by atoms with Crippen molar-refractivity contribution in [3.05, 3.63) is 0 Å². The molecule has 0 aliphatic rings. The number of carbonyl (C=O) groups is 2. The lowest BCUT2D eigenvalue weighted by Gasteiger charge is -2.34. The summed E-state index contributed by atoms with van der Waals surface area (Å²) < 4.78 is 0. The van der Waals surface area contributed by atoms with Crippen molar-refractivity contribution in [1.82, 2.24) is 10.6 Å². The molecule has 0 heterocycles. The third kappa shape index (κ3) is 6.08. The second kappa shape index (κ2) is 6.40. The minimum atomic E-state index is -0.567. The van der Waals surface area contributed by atoms with E-state index in [0.717, 1.165) is 0 Å². The summed E-state index contributed by atoms with van der Waals surface area (Å²) >= 11 is 0. The molecule has 19 heavy (non-hydrogen) atoms. The molecule has 0 aliphatic heterocycles. The Morgan fingerprint density at radius 3 is 1.26 bits per heavy atom. The van der Waals surface area contributed by atoms with Gasteiger partial charge in [-0.3, -0.25) is 9.59 Å². The lowest BCUT2D eigenvalue weighted by molar-refractivity contribution is -0.136. The van der Waals surface area contributed by atoms with E-state index < -0.39 is 10.8 Å². The van der Waals surface area contributed by atoms with Gasteiger partial charge < -0.3 is 10.6 Å². The minimum Gasteiger partial charge on any atom is -0.353 e. The maximum absolute atomic E-state index is 12.2. The van der Waals surface area contributed by atoms with E-state index in [-0.39, 0.29) is 23.9 Å². The molecule has 0 spiro atoms. The molecule has 0 saturated heterocycles. The molecule has 4 heteroatoms. The van der Waals surface area contributed by atoms with Crippen LogP contribution in [0.15, 0.2) is 0 Å². The van der Waals surface area contributed by atoms with Gasteiger partial charge >= 0.3 is 0 Å². The summed E-state index contributed by atoms with van der Waals surface area (Å²) in [4.78, 5) is 24.3. The van der Waals surface area contributed by atoms with Gasteiger partial charge in [0.15, 0.2) is 0 Å². The van der Waals surface area contributed by atoms with Crippen LogP contribution in [0.3, 0.4) is 0 Å². The maximum Gasteiger partial charge on any atom is 0.225 e. The highest BCUT2D eigenvalue weighted by Crippen LogP contribution is 2.34. The van der Waals surface area contributed by atoms with Crippen molar-refractivity contribution in [2.45, 2.75) is 73.9 Å². The molecule has 0 aliphatic carbocycles. The Morgan fingerprint density at radius 2 is 1.05 bits per heavy atom. The predicted octanol–water partition coefficient (Wildman–Crippen LogP) is 2.48. The number of amides is 2. The van der Waals surface area contributed by atoms with E-state index in [9.17, 15) is 9.59 Å². The van der Waals surface area contributed by atoms with Crippen molar-refractivity contribution in [1.29, 1.82) is 0 Å². The maximum atomic E-state index is 12.2. The third-order valence-corrected chi connectivity index (χ3v) is 2.95. The number of hydrogen-bond donors (Lipinski definition) is 2. The molecule has 4 nitrogen and oxygen atoms in total. The fourth-order valence-electron chi connectivity index (χ4n) is 2.18. The van der Waals surface area contributed by atoms with Gasteiger partial charge in [0.1, 0.15) is 0 Å². The highest BCUT2D eigenvalue weighted by atomic mass is 16.2. The lowest BCUT2D eigenvalue weighted by atomic mass is 9.73. The Kier molecular flexibility index (Phi) is 6.04. The molecular formula is C15H30N2O2. The normalized spacial score (nSPS) is 12.7. The van der Waals surface area contributed by atoms with Crippen molar-refractivity contribution < 1.29 is 9.59 Å². The van der Waals surface area contributed by atoms with Crippen LogP contribution in [0.2, 0.25) is 0 Å². The van der Waals surface area contributed by atoms with Gasteiger partial charge in [0.05, 0.1) is 0 Å². The molecule has 0 fully saturated rings. The Morgan fingerprint density at radius 1 is 0.789 bits per heavy atom. The monoisotopic (exact) mass is 270 g/mol. The van der Waals surface area contributed by atoms with Crippen LogP contribution in [-0.2, 0) is 9.59 Å². The van der Waals surface area contributed by atoms with Gasteiger partial charge in [-0.2, -0.15) is 0 Å². The summed E-state index contributed by atoms with van der Waals surface area (Å²) in [5, 5.41) is 5.83. The van der Waals surface area contributed by atoms with Crippen LogP contribution < -0.4 is 10.6 Å². The van der Waals surface area contributed by atoms with Crippen LogP contribution in [0, 0.1) is 10.8 Å². The molecule has 0 aromatic carbocycles. The first-order valence-electron chi connectivity index (χ1n) is 7.00. The Bertz CT molecular complexity index is 299. The van der Waals surface area contributed by atoms with E-state index in [1.165, 1.54) is 0 Å². The van der Waals surface area contributed by atoms with E-state index in [4.69, 9.17) is 0 Å². The van der Waals surface area contributed by atoms with Gasteiger partial charge in [-0.15, -0.1) is 0 Å². The smallest absolute Gasteiger partial charge is 0.225 e. The highest BCUT2D eigenvalue weighted by molar-refractivity contribution is 5.85. The SMILES string of the molecule is CC(C)NC(=O)C(C)(C)CC(C)(C)C(=O)NC(C)C. The zero-order chi connectivity index (χ0) is 15.4. The fraction of sp³-hybridized carbons (Fsp3) is 0.867. The summed E-state index contributed by atoms with van der Waals surface area (Å²) in [6.07, 6.45) is 0.511. The van der Waals surface area contributed by atoms with Crippen molar-refractivity contribution in [2.75, 3.05) is 0 Å². The molecular weight excluding hydrogens is 240 g/mol. The summed E-state index contributed by atoms with van der Waals surface area (Å²) in [7, 11) is 0. The van der Waals surface area contributed by atoms with E-state index in [1.807, 2.05) is 55.4 Å². The van der Waals surface area contributed by atoms with Crippen LogP contribution in [0.5, 0.6) is 0 Å². The number of rotatable bonds is 6. The van der Waals surface area contributed by atoms with Crippen molar-refractivity contribution in [2.24, 2.45) is 10.8 Å². The van der Waals surface area contributed by atoms with Gasteiger partial charge in [0, 0.05) is 22.9 Å². The number of hydrogen-bond acceptors (Lipinski definition) is 2. The topological polar surface area (TPSA) is 58.2 Å². The van der Waals surface area contributed by atoms with Crippen LogP contribution in [0.1, 0.15) is 61.8 Å². The Hall–Kier alpha value is -1.06. The second-order valence-electron chi connectivity index (χ2n) is 7.20. The summed E-state index contributed by atoms with van der Waals surface area (Å²) in [6, 6.07) is 0.221. The minimum absolute atomic E-state index is 0.00655. The standard InChI is InChI=1S/C15H30N2O2/c1-10(2)16-12(18)14(5,6)9-15(7,8)13(19)17-11(3)4/h10-11H,9H2,1-8H3,(H,16,18)(H,17,19). The number of nitrogens with one attached hydrogen (secondary N) is 2. The van der Waals surface area contributed by atoms with E-state index >= 15 is 0 Å². The van der Waals surface area contributed by atoms with Crippen LogP contribution in [0.4, 0.5) is 0 Å². The molecule has 2 N–H and O–H groups in total. The quantitative estimate of drug-likeness (QED) is 0.779. The van der Waals surface area contributed by atoms with Crippen LogP contribution >= 0.6 is 0 Å². The molecule has 0 saturated carbocycles. The predicted molar refractivity (Wildman–Crippen MR) is 78.7 cm³/mol. The zero-order valence-electron chi connectivity index (χ0n) is 13.7. The Labute approximate surface area is 117 Å². The molecule has 0 radical (unpaired) electrons. The summed E-state index contributed by atoms with van der Waals surface area (Å²) in [6.45, 7) is 15.3. The first-order valence-corrected chi connectivity index (χ1v) is 7.00. The second-order valence-corrected chi connectivity index (χ2v) is 7.20. The molecule has 0 unspecified atom stereocenters. The molecule has 0 aromatic heterocycles. The highest BCUT2D eigenvalue weighted by Gasteiger charge is 2.39. The molecule has 112 valence electrons. The largest absolute Gasteiger partial charge is 0.353 e. The van der Waals surface area contributed by atoms with Crippen LogP contribution in [-0.4, -0.2) is 23.9 Å². The van der Waals surface area contributed by atoms with Gasteiger partial charge in [-0.25, -0.2) is 0 Å². The summed E-state index contributed by atoms with van der Waals surface area (Å²) in [5.41, 5.74) is -1.13. The lowest BCUT2D eigenvalue weighted by Crippen LogP contribution is -2.47. The number of carbonyl (C=O) groups excluding carboxylic acids is 2. The van der Waals surface area contributed by atoms with Crippen molar-refractivity contribution >= 4 is 11.8 Å². The van der Waals surface area contributed by atoms with Crippen LogP contribution in [0.25, 0.3) is 0 Å². The van der Waals surface area contributed by atoms with Crippen molar-refractivity contribution in [3.63, 3.8) is 0 Å². The van der Waals surface area contributed by atoms with Gasteiger partial charge in [-0.05, 0) is 34.1 Å². The average molecular weight is 270 g/mol. The fourth-order valence-corrected chi connectivity index (χ4v) is 2.18.